The topological polar surface area (TPSA) is 61.4 Å². The largest absolute Gasteiger partial charge is 0.324 e. The highest BCUT2D eigenvalue weighted by Gasteiger charge is 2.11. The number of carbonyl (C=O) groups is 2. The first-order valence-electron chi connectivity index (χ1n) is 8.15. The molecule has 0 atom stereocenters. The van der Waals surface area contributed by atoms with Crippen molar-refractivity contribution in [2.24, 2.45) is 0 Å². The van der Waals surface area contributed by atoms with Gasteiger partial charge in [-0.2, -0.15) is 0 Å². The number of likely N-dealkylation sites (N-methyl/N-ethyl adjacent to an activating group) is 1. The molecule has 2 amide bonds. The number of amides is 2. The Hall–Kier alpha value is -2.38. The van der Waals surface area contributed by atoms with Crippen LogP contribution in [0.2, 0.25) is 0 Å². The smallest absolute Gasteiger partial charge is 0.238 e. The number of anilines is 2. The Bertz CT molecular complexity index is 770. The minimum absolute atomic E-state index is 0.150. The summed E-state index contributed by atoms with van der Waals surface area (Å²) in [6.45, 7) is 0.549. The molecule has 138 valence electrons. The van der Waals surface area contributed by atoms with Crippen molar-refractivity contribution in [2.75, 3.05) is 37.0 Å². The zero-order valence-electron chi connectivity index (χ0n) is 14.8. The second-order valence-electron chi connectivity index (χ2n) is 5.76. The summed E-state index contributed by atoms with van der Waals surface area (Å²) in [6.07, 6.45) is 2.12. The molecule has 2 N–H and O–H groups in total. The normalized spacial score (nSPS) is 10.6. The summed E-state index contributed by atoms with van der Waals surface area (Å²) in [7, 11) is 1.76. The summed E-state index contributed by atoms with van der Waals surface area (Å²) >= 11 is 1.56. The Labute approximate surface area is 157 Å². The summed E-state index contributed by atoms with van der Waals surface area (Å²) in [4.78, 5) is 26.8. The van der Waals surface area contributed by atoms with Gasteiger partial charge in [-0.1, -0.05) is 24.3 Å². The molecule has 26 heavy (non-hydrogen) atoms. The Kier molecular flexibility index (Phi) is 7.62. The molecule has 0 aliphatic rings. The van der Waals surface area contributed by atoms with Crippen molar-refractivity contribution in [3.63, 3.8) is 0 Å². The van der Waals surface area contributed by atoms with Crippen molar-refractivity contribution >= 4 is 35.0 Å². The molecule has 0 unspecified atom stereocenters. The van der Waals surface area contributed by atoms with E-state index in [2.05, 4.69) is 10.6 Å². The fourth-order valence-electron chi connectivity index (χ4n) is 2.33. The van der Waals surface area contributed by atoms with Crippen molar-refractivity contribution in [3.05, 3.63) is 54.3 Å². The lowest BCUT2D eigenvalue weighted by Gasteiger charge is -2.17. The molecular formula is C19H22FN3O2S. The van der Waals surface area contributed by atoms with Crippen molar-refractivity contribution in [2.45, 2.75) is 11.3 Å². The average molecular weight is 375 g/mol. The van der Waals surface area contributed by atoms with Crippen LogP contribution in [0.15, 0.2) is 53.4 Å². The summed E-state index contributed by atoms with van der Waals surface area (Å²) in [5.74, 6) is -0.917. The van der Waals surface area contributed by atoms with Crippen LogP contribution in [0.4, 0.5) is 15.8 Å². The van der Waals surface area contributed by atoms with E-state index in [1.165, 1.54) is 12.1 Å². The molecule has 0 bridgehead atoms. The van der Waals surface area contributed by atoms with Gasteiger partial charge in [0.25, 0.3) is 0 Å². The van der Waals surface area contributed by atoms with E-state index in [4.69, 9.17) is 0 Å². The Morgan fingerprint density at radius 3 is 2.31 bits per heavy atom. The number of thioether (sulfide) groups is 1. The number of nitrogens with zero attached hydrogens (tertiary/aromatic N) is 1. The van der Waals surface area contributed by atoms with Gasteiger partial charge in [-0.3, -0.25) is 14.5 Å². The number of benzene rings is 2. The lowest BCUT2D eigenvalue weighted by Crippen LogP contribution is -2.32. The van der Waals surface area contributed by atoms with Gasteiger partial charge in [-0.15, -0.1) is 11.8 Å². The van der Waals surface area contributed by atoms with Crippen molar-refractivity contribution in [1.82, 2.24) is 4.90 Å². The molecule has 0 aliphatic carbocycles. The summed E-state index contributed by atoms with van der Waals surface area (Å²) in [5, 5.41) is 5.41. The van der Waals surface area contributed by atoms with E-state index in [0.717, 1.165) is 10.6 Å². The first kappa shape index (κ1) is 19.9. The third-order valence-electron chi connectivity index (χ3n) is 3.66. The molecule has 0 radical (unpaired) electrons. The maximum atomic E-state index is 13.5. The number of hydrogen-bond donors (Lipinski definition) is 2. The number of carbonyl (C=O) groups excluding carboxylic acids is 2. The monoisotopic (exact) mass is 375 g/mol. The first-order valence-corrected chi connectivity index (χ1v) is 9.38. The number of halogens is 1. The van der Waals surface area contributed by atoms with Crippen LogP contribution in [0.1, 0.15) is 6.42 Å². The van der Waals surface area contributed by atoms with Gasteiger partial charge < -0.3 is 10.6 Å². The van der Waals surface area contributed by atoms with E-state index in [0.29, 0.717) is 6.54 Å². The van der Waals surface area contributed by atoms with Crippen LogP contribution >= 0.6 is 11.8 Å². The molecule has 0 saturated heterocycles. The van der Waals surface area contributed by atoms with E-state index in [9.17, 15) is 14.0 Å². The highest BCUT2D eigenvalue weighted by atomic mass is 32.2. The van der Waals surface area contributed by atoms with E-state index < -0.39 is 5.82 Å². The van der Waals surface area contributed by atoms with Gasteiger partial charge in [0.15, 0.2) is 0 Å². The quantitative estimate of drug-likeness (QED) is 0.694. The van der Waals surface area contributed by atoms with Gasteiger partial charge in [0, 0.05) is 17.9 Å². The lowest BCUT2D eigenvalue weighted by molar-refractivity contribution is -0.119. The fourth-order valence-corrected chi connectivity index (χ4v) is 2.88. The average Bonchev–Trinajstić information content (AvgIpc) is 2.62. The Morgan fingerprint density at radius 1 is 1.00 bits per heavy atom. The molecule has 0 heterocycles. The summed E-state index contributed by atoms with van der Waals surface area (Å²) in [5.41, 5.74) is 0.933. The van der Waals surface area contributed by atoms with Crippen LogP contribution in [0, 0.1) is 5.82 Å². The minimum Gasteiger partial charge on any atom is -0.324 e. The number of nitrogens with one attached hydrogen (secondary N) is 2. The van der Waals surface area contributed by atoms with Gasteiger partial charge in [-0.05, 0) is 37.6 Å². The van der Waals surface area contributed by atoms with E-state index in [-0.39, 0.29) is 30.5 Å². The van der Waals surface area contributed by atoms with Crippen LogP contribution in [0.5, 0.6) is 0 Å². The van der Waals surface area contributed by atoms with Crippen LogP contribution in [-0.2, 0) is 9.59 Å². The molecular weight excluding hydrogens is 353 g/mol. The summed E-state index contributed by atoms with van der Waals surface area (Å²) < 4.78 is 13.5. The molecule has 0 aromatic heterocycles. The van der Waals surface area contributed by atoms with E-state index in [1.807, 2.05) is 30.5 Å². The molecule has 0 saturated carbocycles. The Morgan fingerprint density at radius 2 is 1.62 bits per heavy atom. The van der Waals surface area contributed by atoms with E-state index in [1.54, 1.807) is 35.8 Å². The molecule has 2 aromatic rings. The molecule has 2 aromatic carbocycles. The Balaban J connectivity index is 1.77. The maximum absolute atomic E-state index is 13.5. The predicted molar refractivity (Wildman–Crippen MR) is 104 cm³/mol. The van der Waals surface area contributed by atoms with Crippen molar-refractivity contribution in [1.29, 1.82) is 0 Å². The number of hydrogen-bond acceptors (Lipinski definition) is 4. The molecule has 0 spiro atoms. The van der Waals surface area contributed by atoms with Gasteiger partial charge in [0.2, 0.25) is 11.8 Å². The van der Waals surface area contributed by atoms with Crippen LogP contribution in [0.25, 0.3) is 0 Å². The zero-order valence-corrected chi connectivity index (χ0v) is 15.6. The zero-order chi connectivity index (χ0) is 18.9. The van der Waals surface area contributed by atoms with Crippen LogP contribution < -0.4 is 10.6 Å². The molecule has 5 nitrogen and oxygen atoms in total. The third-order valence-corrected chi connectivity index (χ3v) is 4.46. The molecule has 2 rings (SSSR count). The third kappa shape index (κ3) is 6.16. The molecule has 0 aliphatic heterocycles. The van der Waals surface area contributed by atoms with Gasteiger partial charge in [-0.25, -0.2) is 4.39 Å². The fraction of sp³-hybridized carbons (Fsp3) is 0.263. The van der Waals surface area contributed by atoms with E-state index >= 15 is 0 Å². The SMILES string of the molecule is CSc1ccccc1NC(=O)CN(C)CCC(=O)Nc1ccccc1F. The van der Waals surface area contributed by atoms with Crippen molar-refractivity contribution < 1.29 is 14.0 Å². The molecule has 7 heteroatoms. The summed E-state index contributed by atoms with van der Waals surface area (Å²) in [6, 6.07) is 13.6. The highest BCUT2D eigenvalue weighted by molar-refractivity contribution is 7.98. The first-order chi connectivity index (χ1) is 12.5. The van der Waals surface area contributed by atoms with Crippen molar-refractivity contribution in [3.8, 4) is 0 Å². The number of para-hydroxylation sites is 2. The standard InChI is InChI=1S/C19H22FN3O2S/c1-23(12-11-18(24)21-15-8-4-3-7-14(15)20)13-19(25)22-16-9-5-6-10-17(16)26-2/h3-10H,11-13H2,1-2H3,(H,21,24)(H,22,25). The second kappa shape index (κ2) is 9.94. The van der Waals surface area contributed by atoms with Crippen LogP contribution in [-0.4, -0.2) is 43.1 Å². The molecule has 0 fully saturated rings. The highest BCUT2D eigenvalue weighted by Crippen LogP contribution is 2.24. The van der Waals surface area contributed by atoms with Crippen LogP contribution in [0.3, 0.4) is 0 Å². The van der Waals surface area contributed by atoms with Gasteiger partial charge in [0.05, 0.1) is 17.9 Å². The second-order valence-corrected chi connectivity index (χ2v) is 6.61. The maximum Gasteiger partial charge on any atom is 0.238 e. The minimum atomic E-state index is -0.471. The van der Waals surface area contributed by atoms with Gasteiger partial charge in [0.1, 0.15) is 5.82 Å². The van der Waals surface area contributed by atoms with Gasteiger partial charge >= 0.3 is 0 Å². The lowest BCUT2D eigenvalue weighted by atomic mass is 10.3. The predicted octanol–water partition coefficient (Wildman–Crippen LogP) is 3.45. The number of rotatable bonds is 8.